The number of allylic oxidation sites excluding steroid dienone is 1. The zero-order valence-corrected chi connectivity index (χ0v) is 12.8. The third-order valence-electron chi connectivity index (χ3n) is 2.25. The van der Waals surface area contributed by atoms with Crippen LogP contribution in [0.1, 0.15) is 52.9 Å². The van der Waals surface area contributed by atoms with Crippen molar-refractivity contribution in [3.8, 4) is 0 Å². The molecule has 108 valence electrons. The van der Waals surface area contributed by atoms with Crippen LogP contribution in [0, 0.1) is 0 Å². The van der Waals surface area contributed by atoms with Crippen LogP contribution in [0.25, 0.3) is 0 Å². The molecule has 0 unspecified atom stereocenters. The van der Waals surface area contributed by atoms with Gasteiger partial charge >= 0.3 is 7.82 Å². The molecule has 0 aliphatic rings. The summed E-state index contributed by atoms with van der Waals surface area (Å²) in [5.74, 6) is 0. The highest BCUT2D eigenvalue weighted by Crippen LogP contribution is 2.49. The van der Waals surface area contributed by atoms with Crippen LogP contribution in [0.5, 0.6) is 0 Å². The van der Waals surface area contributed by atoms with Crippen LogP contribution >= 0.6 is 7.82 Å². The van der Waals surface area contributed by atoms with E-state index in [4.69, 9.17) is 13.6 Å². The second-order valence-corrected chi connectivity index (χ2v) is 5.54. The molecular formula is C13H27O4P. The van der Waals surface area contributed by atoms with Gasteiger partial charge in [-0.2, -0.15) is 0 Å². The maximum atomic E-state index is 11.9. The predicted octanol–water partition coefficient (Wildman–Crippen LogP) is 4.71. The number of rotatable bonds is 12. The maximum Gasteiger partial charge on any atom is 0.474 e. The van der Waals surface area contributed by atoms with E-state index in [1.807, 2.05) is 0 Å². The van der Waals surface area contributed by atoms with Gasteiger partial charge in [-0.15, -0.1) is 0 Å². The van der Waals surface area contributed by atoms with Crippen molar-refractivity contribution in [2.75, 3.05) is 19.8 Å². The zero-order chi connectivity index (χ0) is 13.7. The lowest BCUT2D eigenvalue weighted by Gasteiger charge is -2.15. The fourth-order valence-corrected chi connectivity index (χ4v) is 2.59. The molecule has 5 heteroatoms. The number of phosphoric ester groups is 1. The van der Waals surface area contributed by atoms with Crippen molar-refractivity contribution in [1.82, 2.24) is 0 Å². The highest BCUT2D eigenvalue weighted by atomic mass is 31.2. The first-order valence-electron chi connectivity index (χ1n) is 6.87. The SMILES string of the molecule is CCCCC/C=C/CCOP(=O)(OCC)OCC. The summed E-state index contributed by atoms with van der Waals surface area (Å²) < 4.78 is 27.1. The highest BCUT2D eigenvalue weighted by molar-refractivity contribution is 7.48. The van der Waals surface area contributed by atoms with Crippen LogP contribution in [-0.2, 0) is 18.1 Å². The zero-order valence-electron chi connectivity index (χ0n) is 11.9. The normalized spacial score (nSPS) is 12.4. The van der Waals surface area contributed by atoms with Gasteiger partial charge in [-0.25, -0.2) is 4.57 Å². The fourth-order valence-electron chi connectivity index (χ4n) is 1.41. The Bertz CT molecular complexity index is 243. The average molecular weight is 278 g/mol. The minimum Gasteiger partial charge on any atom is -0.287 e. The quantitative estimate of drug-likeness (QED) is 0.294. The maximum absolute atomic E-state index is 11.9. The second kappa shape index (κ2) is 11.9. The van der Waals surface area contributed by atoms with Crippen LogP contribution in [0.3, 0.4) is 0 Å². The summed E-state index contributed by atoms with van der Waals surface area (Å²) in [6.07, 6.45) is 9.76. The molecule has 0 fully saturated rings. The Hall–Kier alpha value is -0.150. The molecule has 0 amide bonds. The summed E-state index contributed by atoms with van der Waals surface area (Å²) in [4.78, 5) is 0. The van der Waals surface area contributed by atoms with Gasteiger partial charge in [0.1, 0.15) is 0 Å². The first-order valence-corrected chi connectivity index (χ1v) is 8.33. The Kier molecular flexibility index (Phi) is 11.8. The van der Waals surface area contributed by atoms with Crippen LogP contribution in [0.2, 0.25) is 0 Å². The molecule has 0 spiro atoms. The Morgan fingerprint density at radius 2 is 1.50 bits per heavy atom. The molecule has 0 aromatic heterocycles. The largest absolute Gasteiger partial charge is 0.474 e. The molecule has 18 heavy (non-hydrogen) atoms. The molecule has 4 nitrogen and oxygen atoms in total. The van der Waals surface area contributed by atoms with E-state index in [0.717, 1.165) is 12.8 Å². The summed E-state index contributed by atoms with van der Waals surface area (Å²) in [5, 5.41) is 0. The van der Waals surface area contributed by atoms with Gasteiger partial charge in [0, 0.05) is 0 Å². The van der Waals surface area contributed by atoms with Gasteiger partial charge in [0.25, 0.3) is 0 Å². The first-order chi connectivity index (χ1) is 8.68. The van der Waals surface area contributed by atoms with Crippen molar-refractivity contribution in [3.63, 3.8) is 0 Å². The Morgan fingerprint density at radius 3 is 2.06 bits per heavy atom. The molecule has 0 radical (unpaired) electrons. The second-order valence-electron chi connectivity index (χ2n) is 3.87. The molecule has 0 atom stereocenters. The number of phosphoric acid groups is 1. The summed E-state index contributed by atoms with van der Waals surface area (Å²) >= 11 is 0. The standard InChI is InChI=1S/C13H27O4P/c1-4-7-8-9-10-11-12-13-17-18(14,15-5-2)16-6-3/h10-11H,4-9,12-13H2,1-3H3/b11-10+. The van der Waals surface area contributed by atoms with Crippen LogP contribution in [0.15, 0.2) is 12.2 Å². The van der Waals surface area contributed by atoms with E-state index in [1.165, 1.54) is 19.3 Å². The minimum atomic E-state index is -3.32. The van der Waals surface area contributed by atoms with Crippen molar-refractivity contribution in [2.45, 2.75) is 52.9 Å². The molecule has 0 N–H and O–H groups in total. The molecule has 0 saturated carbocycles. The van der Waals surface area contributed by atoms with E-state index in [9.17, 15) is 4.57 Å². The van der Waals surface area contributed by atoms with Gasteiger partial charge in [-0.05, 0) is 33.1 Å². The van der Waals surface area contributed by atoms with Crippen LogP contribution < -0.4 is 0 Å². The van der Waals surface area contributed by atoms with E-state index in [0.29, 0.717) is 19.8 Å². The molecule has 0 aliphatic heterocycles. The monoisotopic (exact) mass is 278 g/mol. The molecule has 0 aliphatic carbocycles. The lowest BCUT2D eigenvalue weighted by atomic mass is 10.2. The smallest absolute Gasteiger partial charge is 0.287 e. The lowest BCUT2D eigenvalue weighted by molar-refractivity contribution is 0.123. The third kappa shape index (κ3) is 9.84. The Morgan fingerprint density at radius 1 is 0.889 bits per heavy atom. The molecule has 0 bridgehead atoms. The molecule has 0 aromatic carbocycles. The molecule has 0 heterocycles. The van der Waals surface area contributed by atoms with Gasteiger partial charge in [0.05, 0.1) is 19.8 Å². The summed E-state index contributed by atoms with van der Waals surface area (Å²) in [6, 6.07) is 0. The minimum absolute atomic E-state index is 0.324. The predicted molar refractivity (Wildman–Crippen MR) is 74.7 cm³/mol. The fraction of sp³-hybridized carbons (Fsp3) is 0.846. The van der Waals surface area contributed by atoms with Gasteiger partial charge in [0.15, 0.2) is 0 Å². The molecule has 0 rings (SSSR count). The summed E-state index contributed by atoms with van der Waals surface area (Å²) in [5.41, 5.74) is 0. The topological polar surface area (TPSA) is 44.8 Å². The highest BCUT2D eigenvalue weighted by Gasteiger charge is 2.24. The number of unbranched alkanes of at least 4 members (excludes halogenated alkanes) is 3. The van der Waals surface area contributed by atoms with Crippen molar-refractivity contribution in [1.29, 1.82) is 0 Å². The van der Waals surface area contributed by atoms with Crippen LogP contribution in [-0.4, -0.2) is 19.8 Å². The number of hydrogen-bond acceptors (Lipinski definition) is 4. The first kappa shape index (κ1) is 17.8. The van der Waals surface area contributed by atoms with Crippen molar-refractivity contribution in [3.05, 3.63) is 12.2 Å². The molecular weight excluding hydrogens is 251 g/mol. The van der Waals surface area contributed by atoms with Gasteiger partial charge in [-0.1, -0.05) is 31.9 Å². The average Bonchev–Trinajstić information content (AvgIpc) is 2.33. The van der Waals surface area contributed by atoms with E-state index >= 15 is 0 Å². The van der Waals surface area contributed by atoms with Crippen molar-refractivity contribution >= 4 is 7.82 Å². The van der Waals surface area contributed by atoms with E-state index in [-0.39, 0.29) is 0 Å². The van der Waals surface area contributed by atoms with Gasteiger partial charge in [0.2, 0.25) is 0 Å². The molecule has 0 saturated heterocycles. The van der Waals surface area contributed by atoms with Crippen molar-refractivity contribution < 1.29 is 18.1 Å². The Balaban J connectivity index is 3.69. The lowest BCUT2D eigenvalue weighted by Crippen LogP contribution is -2.00. The summed E-state index contributed by atoms with van der Waals surface area (Å²) in [7, 11) is -3.32. The van der Waals surface area contributed by atoms with E-state index < -0.39 is 7.82 Å². The van der Waals surface area contributed by atoms with E-state index in [1.54, 1.807) is 13.8 Å². The molecule has 0 aromatic rings. The van der Waals surface area contributed by atoms with Gasteiger partial charge < -0.3 is 0 Å². The van der Waals surface area contributed by atoms with Crippen molar-refractivity contribution in [2.24, 2.45) is 0 Å². The third-order valence-corrected chi connectivity index (χ3v) is 3.90. The number of hydrogen-bond donors (Lipinski definition) is 0. The van der Waals surface area contributed by atoms with Crippen LogP contribution in [0.4, 0.5) is 0 Å². The van der Waals surface area contributed by atoms with E-state index in [2.05, 4.69) is 19.1 Å². The Labute approximate surface area is 111 Å². The van der Waals surface area contributed by atoms with Gasteiger partial charge in [-0.3, -0.25) is 13.6 Å². The summed E-state index contributed by atoms with van der Waals surface area (Å²) in [6.45, 7) is 6.73.